The van der Waals surface area contributed by atoms with Crippen LogP contribution in [0.5, 0.6) is 5.75 Å². The maximum atomic E-state index is 12.3. The molecule has 0 aliphatic rings. The normalized spacial score (nSPS) is 12.4. The molecule has 0 spiro atoms. The van der Waals surface area contributed by atoms with E-state index in [1.807, 2.05) is 30.5 Å². The van der Waals surface area contributed by atoms with Gasteiger partial charge in [0.05, 0.1) is 5.75 Å². The number of thioether (sulfide) groups is 1. The number of nitrogens with one attached hydrogen (secondary N) is 1. The van der Waals surface area contributed by atoms with E-state index in [4.69, 9.17) is 4.74 Å². The largest absolute Gasteiger partial charge is 0.483 e. The zero-order chi connectivity index (χ0) is 22.5. The van der Waals surface area contributed by atoms with E-state index in [0.29, 0.717) is 16.2 Å². The number of ether oxygens (including phenoxy) is 1. The van der Waals surface area contributed by atoms with E-state index < -0.39 is 0 Å². The highest BCUT2D eigenvalue weighted by atomic mass is 32.2. The van der Waals surface area contributed by atoms with Crippen LogP contribution in [0, 0.1) is 6.92 Å². The Kier molecular flexibility index (Phi) is 7.66. The van der Waals surface area contributed by atoms with Gasteiger partial charge in [-0.3, -0.25) is 10.1 Å². The summed E-state index contributed by atoms with van der Waals surface area (Å²) in [6, 6.07) is 8.25. The summed E-state index contributed by atoms with van der Waals surface area (Å²) in [6.45, 7) is 12.3. The lowest BCUT2D eigenvalue weighted by molar-refractivity contribution is -0.113. The van der Waals surface area contributed by atoms with Crippen LogP contribution < -0.4 is 10.1 Å². The van der Waals surface area contributed by atoms with Gasteiger partial charge < -0.3 is 9.30 Å². The molecule has 2 aromatic heterocycles. The first-order valence-corrected chi connectivity index (χ1v) is 12.0. The summed E-state index contributed by atoms with van der Waals surface area (Å²) in [6.07, 6.45) is -0.285. The maximum Gasteiger partial charge on any atom is 0.236 e. The molecule has 0 saturated carbocycles. The van der Waals surface area contributed by atoms with Crippen molar-refractivity contribution >= 4 is 34.1 Å². The van der Waals surface area contributed by atoms with Crippen molar-refractivity contribution in [3.05, 3.63) is 40.7 Å². The van der Waals surface area contributed by atoms with E-state index in [2.05, 4.69) is 65.5 Å². The van der Waals surface area contributed by atoms with Crippen LogP contribution in [0.4, 0.5) is 5.13 Å². The van der Waals surface area contributed by atoms with Gasteiger partial charge in [0, 0.05) is 6.04 Å². The van der Waals surface area contributed by atoms with Crippen LogP contribution in [-0.4, -0.2) is 36.6 Å². The van der Waals surface area contributed by atoms with Crippen LogP contribution in [0.2, 0.25) is 0 Å². The van der Waals surface area contributed by atoms with E-state index in [0.717, 1.165) is 16.6 Å². The van der Waals surface area contributed by atoms with Crippen molar-refractivity contribution in [2.75, 3.05) is 11.1 Å². The molecule has 3 aromatic rings. The van der Waals surface area contributed by atoms with Gasteiger partial charge in [0.15, 0.2) is 17.1 Å². The highest BCUT2D eigenvalue weighted by Crippen LogP contribution is 2.28. The van der Waals surface area contributed by atoms with Crippen LogP contribution in [0.15, 0.2) is 29.4 Å². The Balaban J connectivity index is 1.66. The lowest BCUT2D eigenvalue weighted by Gasteiger charge is -2.19. The molecule has 2 heterocycles. The predicted molar refractivity (Wildman–Crippen MR) is 124 cm³/mol. The van der Waals surface area contributed by atoms with Gasteiger partial charge in [-0.15, -0.1) is 20.4 Å². The molecule has 0 bridgehead atoms. The second-order valence-corrected chi connectivity index (χ2v) is 9.88. The lowest BCUT2D eigenvalue weighted by Crippen LogP contribution is -2.16. The van der Waals surface area contributed by atoms with Crippen molar-refractivity contribution in [2.24, 2.45) is 0 Å². The highest BCUT2D eigenvalue weighted by Gasteiger charge is 2.22. The summed E-state index contributed by atoms with van der Waals surface area (Å²) in [5, 5.41) is 21.2. The van der Waals surface area contributed by atoms with Crippen molar-refractivity contribution in [3.63, 3.8) is 0 Å². The smallest absolute Gasteiger partial charge is 0.236 e. The monoisotopic (exact) mass is 460 g/mol. The summed E-state index contributed by atoms with van der Waals surface area (Å²) >= 11 is 2.68. The van der Waals surface area contributed by atoms with Crippen LogP contribution in [-0.2, 0) is 4.79 Å². The van der Waals surface area contributed by atoms with E-state index in [-0.39, 0.29) is 23.8 Å². The first-order valence-electron chi connectivity index (χ1n) is 10.2. The Morgan fingerprint density at radius 1 is 1.10 bits per heavy atom. The number of amides is 1. The molecule has 1 aromatic carbocycles. The molecule has 3 rings (SSSR count). The molecule has 1 atom stereocenters. The first-order chi connectivity index (χ1) is 14.7. The van der Waals surface area contributed by atoms with Crippen molar-refractivity contribution < 1.29 is 9.53 Å². The molecule has 0 radical (unpaired) electrons. The molecule has 1 unspecified atom stereocenters. The summed E-state index contributed by atoms with van der Waals surface area (Å²) in [5.41, 5.74) is 1.27. The molecule has 31 heavy (non-hydrogen) atoms. The molecule has 166 valence electrons. The van der Waals surface area contributed by atoms with Crippen molar-refractivity contribution in [1.82, 2.24) is 25.0 Å². The minimum Gasteiger partial charge on any atom is -0.483 e. The first kappa shape index (κ1) is 23.2. The number of carbonyl (C=O) groups is 1. The molecule has 0 aliphatic carbocycles. The topological polar surface area (TPSA) is 94.8 Å². The average Bonchev–Trinajstić information content (AvgIpc) is 3.32. The van der Waals surface area contributed by atoms with Gasteiger partial charge in [0.2, 0.25) is 11.0 Å². The zero-order valence-corrected chi connectivity index (χ0v) is 20.3. The molecule has 0 saturated heterocycles. The third-order valence-corrected chi connectivity index (χ3v) is 6.23. The molecule has 0 fully saturated rings. The Hall–Kier alpha value is -2.46. The molecule has 1 amide bonds. The van der Waals surface area contributed by atoms with Gasteiger partial charge in [-0.1, -0.05) is 49.1 Å². The fourth-order valence-corrected chi connectivity index (χ4v) is 4.45. The Morgan fingerprint density at radius 3 is 2.39 bits per heavy atom. The van der Waals surface area contributed by atoms with Gasteiger partial charge in [0.25, 0.3) is 0 Å². The summed E-state index contributed by atoms with van der Waals surface area (Å²) < 4.78 is 8.13. The zero-order valence-electron chi connectivity index (χ0n) is 18.6. The Morgan fingerprint density at radius 2 is 1.81 bits per heavy atom. The van der Waals surface area contributed by atoms with Gasteiger partial charge >= 0.3 is 0 Å². The number of carbonyl (C=O) groups excluding carboxylic acids is 1. The maximum absolute atomic E-state index is 12.3. The van der Waals surface area contributed by atoms with E-state index in [1.165, 1.54) is 28.7 Å². The number of aryl methyl sites for hydroxylation is 1. The molecular formula is C21H28N6O2S2. The van der Waals surface area contributed by atoms with Crippen molar-refractivity contribution in [3.8, 4) is 5.75 Å². The molecule has 0 aliphatic heterocycles. The third kappa shape index (κ3) is 6.04. The third-order valence-electron chi connectivity index (χ3n) is 4.54. The van der Waals surface area contributed by atoms with Crippen molar-refractivity contribution in [1.29, 1.82) is 0 Å². The number of nitrogens with zero attached hydrogens (tertiary/aromatic N) is 5. The van der Waals surface area contributed by atoms with Crippen LogP contribution in [0.25, 0.3) is 0 Å². The number of rotatable bonds is 9. The van der Waals surface area contributed by atoms with Crippen LogP contribution in [0.3, 0.4) is 0 Å². The molecule has 8 nitrogen and oxygen atoms in total. The number of anilines is 1. The lowest BCUT2D eigenvalue weighted by atomic mass is 10.0. The number of hydrogen-bond donors (Lipinski definition) is 1. The van der Waals surface area contributed by atoms with Crippen LogP contribution >= 0.6 is 23.1 Å². The SMILES string of the molecule is Cc1nnc(NC(=O)CSc2nnc(C(C)Oc3ccc(C(C)C)cc3)n2C(C)C)s1. The van der Waals surface area contributed by atoms with Crippen molar-refractivity contribution in [2.45, 2.75) is 64.8 Å². The average molecular weight is 461 g/mol. The standard InChI is InChI=1S/C21H28N6O2S2/c1-12(2)16-7-9-17(10-8-16)29-14(5)19-24-26-21(27(19)13(3)4)30-11-18(28)22-20-25-23-15(6)31-20/h7-10,12-14H,11H2,1-6H3,(H,22,25,28). The fourth-order valence-electron chi connectivity index (χ4n) is 2.97. The van der Waals surface area contributed by atoms with E-state index in [9.17, 15) is 4.79 Å². The van der Waals surface area contributed by atoms with E-state index >= 15 is 0 Å². The minimum absolute atomic E-state index is 0.121. The Labute approximate surface area is 190 Å². The Bertz CT molecular complexity index is 1010. The summed E-state index contributed by atoms with van der Waals surface area (Å²) in [7, 11) is 0. The molecular weight excluding hydrogens is 432 g/mol. The number of aromatic nitrogens is 5. The van der Waals surface area contributed by atoms with Crippen LogP contribution in [0.1, 0.15) is 69.1 Å². The summed E-state index contributed by atoms with van der Waals surface area (Å²) in [4.78, 5) is 12.3. The molecule has 1 N–H and O–H groups in total. The number of benzene rings is 1. The summed E-state index contributed by atoms with van der Waals surface area (Å²) in [5.74, 6) is 2.04. The highest BCUT2D eigenvalue weighted by molar-refractivity contribution is 7.99. The van der Waals surface area contributed by atoms with Gasteiger partial charge in [0.1, 0.15) is 10.8 Å². The van der Waals surface area contributed by atoms with E-state index in [1.54, 1.807) is 0 Å². The van der Waals surface area contributed by atoms with Gasteiger partial charge in [-0.2, -0.15) is 0 Å². The quantitative estimate of drug-likeness (QED) is 0.448. The van der Waals surface area contributed by atoms with Gasteiger partial charge in [-0.05, 0) is 51.3 Å². The second kappa shape index (κ2) is 10.2. The predicted octanol–water partition coefficient (Wildman–Crippen LogP) is 5.01. The fraction of sp³-hybridized carbons (Fsp3) is 0.476. The molecule has 10 heteroatoms. The van der Waals surface area contributed by atoms with Gasteiger partial charge in [-0.25, -0.2) is 0 Å². The minimum atomic E-state index is -0.285. The number of hydrogen-bond acceptors (Lipinski definition) is 8. The second-order valence-electron chi connectivity index (χ2n) is 7.75.